The number of hydrogen-bond donors (Lipinski definition) is 1. The van der Waals surface area contributed by atoms with Crippen LogP contribution in [0.4, 0.5) is 5.13 Å². The largest absolute Gasteiger partial charge is 0.496 e. The van der Waals surface area contributed by atoms with Crippen molar-refractivity contribution >= 4 is 28.3 Å². The topological polar surface area (TPSA) is 90.0 Å². The van der Waals surface area contributed by atoms with Gasteiger partial charge in [-0.1, -0.05) is 12.1 Å². The lowest BCUT2D eigenvalue weighted by molar-refractivity contribution is -0.137. The Hall–Kier alpha value is -3.43. The van der Waals surface area contributed by atoms with Crippen LogP contribution >= 0.6 is 11.3 Å². The van der Waals surface area contributed by atoms with Crippen molar-refractivity contribution in [2.45, 2.75) is 0 Å². The summed E-state index contributed by atoms with van der Waals surface area (Å²) in [4.78, 5) is 31.0. The van der Waals surface area contributed by atoms with E-state index in [2.05, 4.69) is 10.3 Å². The molecule has 32 heavy (non-hydrogen) atoms. The molecular formula is C23H23N3O5S. The second-order valence-electron chi connectivity index (χ2n) is 7.00. The molecule has 2 heterocycles. The molecule has 0 aliphatic carbocycles. The van der Waals surface area contributed by atoms with Crippen molar-refractivity contribution in [2.75, 3.05) is 45.3 Å². The van der Waals surface area contributed by atoms with E-state index < -0.39 is 0 Å². The minimum atomic E-state index is -0.276. The number of benzene rings is 2. The number of anilines is 1. The summed E-state index contributed by atoms with van der Waals surface area (Å²) in [5, 5.41) is 5.18. The summed E-state index contributed by atoms with van der Waals surface area (Å²) < 4.78 is 16.2. The Morgan fingerprint density at radius 2 is 1.88 bits per heavy atom. The number of carbonyl (C=O) groups excluding carboxylic acids is 2. The number of carbonyl (C=O) groups is 2. The van der Waals surface area contributed by atoms with Crippen molar-refractivity contribution in [1.29, 1.82) is 0 Å². The lowest BCUT2D eigenvalue weighted by Gasteiger charge is -2.26. The molecule has 0 bridgehead atoms. The normalized spacial score (nSPS) is 13.5. The first-order chi connectivity index (χ1) is 15.6. The standard InChI is InChI=1S/C23H23N3O5S/c1-29-20-5-3-2-4-18(20)19-15-32-23(24-19)25-22(28)16-6-8-17(9-7-16)31-14-21(27)26-10-12-30-13-11-26/h2-9,15H,10-14H2,1H3,(H,24,25,28). The average Bonchev–Trinajstić information content (AvgIpc) is 3.31. The molecule has 0 atom stereocenters. The highest BCUT2D eigenvalue weighted by atomic mass is 32.1. The fourth-order valence-electron chi connectivity index (χ4n) is 3.23. The fourth-order valence-corrected chi connectivity index (χ4v) is 3.94. The molecule has 1 saturated heterocycles. The van der Waals surface area contributed by atoms with E-state index in [4.69, 9.17) is 14.2 Å². The molecule has 166 valence electrons. The summed E-state index contributed by atoms with van der Waals surface area (Å²) >= 11 is 1.34. The lowest BCUT2D eigenvalue weighted by atomic mass is 10.1. The molecule has 2 amide bonds. The Bertz CT molecular complexity index is 1080. The van der Waals surface area contributed by atoms with E-state index in [1.165, 1.54) is 11.3 Å². The molecule has 1 aliphatic heterocycles. The van der Waals surface area contributed by atoms with Crippen LogP contribution in [-0.4, -0.2) is 61.7 Å². The maximum absolute atomic E-state index is 12.6. The molecular weight excluding hydrogens is 430 g/mol. The van der Waals surface area contributed by atoms with Crippen LogP contribution in [0.2, 0.25) is 0 Å². The minimum Gasteiger partial charge on any atom is -0.496 e. The maximum atomic E-state index is 12.6. The van der Waals surface area contributed by atoms with Crippen molar-refractivity contribution in [3.63, 3.8) is 0 Å². The molecule has 0 spiro atoms. The van der Waals surface area contributed by atoms with Gasteiger partial charge < -0.3 is 19.1 Å². The zero-order valence-electron chi connectivity index (χ0n) is 17.6. The van der Waals surface area contributed by atoms with Crippen molar-refractivity contribution in [1.82, 2.24) is 9.88 Å². The van der Waals surface area contributed by atoms with Crippen molar-refractivity contribution in [3.8, 4) is 22.8 Å². The molecule has 2 aromatic carbocycles. The van der Waals surface area contributed by atoms with Crippen LogP contribution in [0, 0.1) is 0 Å². The predicted molar refractivity (Wildman–Crippen MR) is 121 cm³/mol. The summed E-state index contributed by atoms with van der Waals surface area (Å²) in [6, 6.07) is 14.2. The van der Waals surface area contributed by atoms with Gasteiger partial charge in [0, 0.05) is 29.6 Å². The molecule has 9 heteroatoms. The monoisotopic (exact) mass is 453 g/mol. The van der Waals surface area contributed by atoms with Crippen molar-refractivity contribution in [3.05, 3.63) is 59.5 Å². The lowest BCUT2D eigenvalue weighted by Crippen LogP contribution is -2.42. The zero-order valence-corrected chi connectivity index (χ0v) is 18.4. The van der Waals surface area contributed by atoms with Gasteiger partial charge in [-0.2, -0.15) is 0 Å². The number of ether oxygens (including phenoxy) is 3. The molecule has 3 aromatic rings. The van der Waals surface area contributed by atoms with E-state index in [0.717, 1.165) is 17.0 Å². The van der Waals surface area contributed by atoms with Gasteiger partial charge in [-0.3, -0.25) is 14.9 Å². The van der Waals surface area contributed by atoms with Crippen LogP contribution in [0.25, 0.3) is 11.3 Å². The van der Waals surface area contributed by atoms with Crippen LogP contribution < -0.4 is 14.8 Å². The molecule has 4 rings (SSSR count). The summed E-state index contributed by atoms with van der Waals surface area (Å²) in [5.74, 6) is 0.890. The number of hydrogen-bond acceptors (Lipinski definition) is 7. The van der Waals surface area contributed by atoms with Gasteiger partial charge in [-0.05, 0) is 36.4 Å². The Morgan fingerprint density at radius 3 is 2.62 bits per heavy atom. The highest BCUT2D eigenvalue weighted by Gasteiger charge is 2.17. The van der Waals surface area contributed by atoms with Gasteiger partial charge in [-0.25, -0.2) is 4.98 Å². The first-order valence-electron chi connectivity index (χ1n) is 10.1. The Balaban J connectivity index is 1.33. The van der Waals surface area contributed by atoms with E-state index in [-0.39, 0.29) is 18.4 Å². The number of thiazole rings is 1. The van der Waals surface area contributed by atoms with E-state index in [9.17, 15) is 9.59 Å². The third kappa shape index (κ3) is 5.24. The number of morpholine rings is 1. The van der Waals surface area contributed by atoms with Gasteiger partial charge in [0.1, 0.15) is 11.5 Å². The number of rotatable bonds is 7. The highest BCUT2D eigenvalue weighted by molar-refractivity contribution is 7.14. The smallest absolute Gasteiger partial charge is 0.260 e. The van der Waals surface area contributed by atoms with E-state index >= 15 is 0 Å². The second-order valence-corrected chi connectivity index (χ2v) is 7.86. The Morgan fingerprint density at radius 1 is 1.12 bits per heavy atom. The van der Waals surface area contributed by atoms with Crippen molar-refractivity contribution < 1.29 is 23.8 Å². The minimum absolute atomic E-state index is 0.0453. The second kappa shape index (κ2) is 10.3. The summed E-state index contributed by atoms with van der Waals surface area (Å²) in [6.07, 6.45) is 0. The quantitative estimate of drug-likeness (QED) is 0.590. The van der Waals surface area contributed by atoms with Crippen LogP contribution in [0.3, 0.4) is 0 Å². The predicted octanol–water partition coefficient (Wildman–Crippen LogP) is 3.31. The van der Waals surface area contributed by atoms with E-state index in [0.29, 0.717) is 42.7 Å². The molecule has 0 saturated carbocycles. The van der Waals surface area contributed by atoms with Gasteiger partial charge in [0.2, 0.25) is 0 Å². The molecule has 1 aliphatic rings. The molecule has 1 fully saturated rings. The fraction of sp³-hybridized carbons (Fsp3) is 0.261. The summed E-state index contributed by atoms with van der Waals surface area (Å²) in [6.45, 7) is 2.22. The summed E-state index contributed by atoms with van der Waals surface area (Å²) in [7, 11) is 1.61. The average molecular weight is 454 g/mol. The molecule has 1 N–H and O–H groups in total. The third-order valence-electron chi connectivity index (χ3n) is 4.95. The Labute approximate surface area is 189 Å². The van der Waals surface area contributed by atoms with Crippen LogP contribution in [0.5, 0.6) is 11.5 Å². The first-order valence-corrected chi connectivity index (χ1v) is 11.0. The third-order valence-corrected chi connectivity index (χ3v) is 5.71. The van der Waals surface area contributed by atoms with Gasteiger partial charge in [-0.15, -0.1) is 11.3 Å². The van der Waals surface area contributed by atoms with Crippen LogP contribution in [0.15, 0.2) is 53.9 Å². The SMILES string of the molecule is COc1ccccc1-c1csc(NC(=O)c2ccc(OCC(=O)N3CCOCC3)cc2)n1. The molecule has 8 nitrogen and oxygen atoms in total. The number of methoxy groups -OCH3 is 1. The number of nitrogens with one attached hydrogen (secondary N) is 1. The molecule has 0 unspecified atom stereocenters. The number of para-hydroxylation sites is 1. The van der Waals surface area contributed by atoms with Crippen LogP contribution in [0.1, 0.15) is 10.4 Å². The van der Waals surface area contributed by atoms with Gasteiger partial charge in [0.15, 0.2) is 11.7 Å². The van der Waals surface area contributed by atoms with E-state index in [1.54, 1.807) is 36.3 Å². The first kappa shape index (κ1) is 21.8. The zero-order chi connectivity index (χ0) is 22.3. The molecule has 1 aromatic heterocycles. The number of aromatic nitrogens is 1. The van der Waals surface area contributed by atoms with Crippen molar-refractivity contribution in [2.24, 2.45) is 0 Å². The van der Waals surface area contributed by atoms with Crippen LogP contribution in [-0.2, 0) is 9.53 Å². The maximum Gasteiger partial charge on any atom is 0.260 e. The molecule has 0 radical (unpaired) electrons. The number of amides is 2. The highest BCUT2D eigenvalue weighted by Crippen LogP contribution is 2.32. The van der Waals surface area contributed by atoms with Gasteiger partial charge in [0.25, 0.3) is 11.8 Å². The van der Waals surface area contributed by atoms with Gasteiger partial charge in [0.05, 0.1) is 26.0 Å². The number of nitrogens with zero attached hydrogens (tertiary/aromatic N) is 2. The Kier molecular flexibility index (Phi) is 6.98. The van der Waals surface area contributed by atoms with Gasteiger partial charge >= 0.3 is 0 Å². The summed E-state index contributed by atoms with van der Waals surface area (Å²) in [5.41, 5.74) is 2.06. The van der Waals surface area contributed by atoms with E-state index in [1.807, 2.05) is 29.6 Å².